The van der Waals surface area contributed by atoms with Crippen LogP contribution in [0.15, 0.2) is 27.9 Å². The Hall–Kier alpha value is -1.97. The van der Waals surface area contributed by atoms with Crippen LogP contribution in [0.1, 0.15) is 37.6 Å². The van der Waals surface area contributed by atoms with Crippen LogP contribution in [0.25, 0.3) is 0 Å². The van der Waals surface area contributed by atoms with Crippen molar-refractivity contribution in [3.8, 4) is 0 Å². The second-order valence-corrected chi connectivity index (χ2v) is 9.17. The van der Waals surface area contributed by atoms with Gasteiger partial charge in [0, 0.05) is 30.3 Å². The van der Waals surface area contributed by atoms with Gasteiger partial charge in [0.1, 0.15) is 0 Å². The summed E-state index contributed by atoms with van der Waals surface area (Å²) in [5.74, 6) is 0.712. The third kappa shape index (κ3) is 4.89. The van der Waals surface area contributed by atoms with Gasteiger partial charge in [0.05, 0.1) is 5.69 Å². The molecule has 6 nitrogen and oxygen atoms in total. The first-order valence-electron chi connectivity index (χ1n) is 9.06. The maximum Gasteiger partial charge on any atom is 0.225 e. The predicted octanol–water partition coefficient (Wildman–Crippen LogP) is 5.27. The molecule has 0 bridgehead atoms. The van der Waals surface area contributed by atoms with Gasteiger partial charge in [-0.2, -0.15) is 0 Å². The summed E-state index contributed by atoms with van der Waals surface area (Å²) < 4.78 is 0.891. The zero-order valence-corrected chi connectivity index (χ0v) is 18.8. The normalized spacial score (nSPS) is 10.9. The Morgan fingerprint density at radius 3 is 2.82 bits per heavy atom. The fraction of sp³-hybridized carbons (Fsp3) is 0.368. The minimum Gasteiger partial charge on any atom is -0.330 e. The van der Waals surface area contributed by atoms with E-state index >= 15 is 0 Å². The number of para-hydroxylation sites is 1. The van der Waals surface area contributed by atoms with Crippen molar-refractivity contribution in [1.82, 2.24) is 15.2 Å². The molecule has 3 aromatic rings. The van der Waals surface area contributed by atoms with E-state index in [-0.39, 0.29) is 5.91 Å². The summed E-state index contributed by atoms with van der Waals surface area (Å²) in [7, 11) is 0. The molecule has 3 rings (SSSR count). The number of hydrogen-bond donors (Lipinski definition) is 1. The van der Waals surface area contributed by atoms with E-state index < -0.39 is 0 Å². The first-order chi connectivity index (χ1) is 13.5. The average Bonchev–Trinajstić information content (AvgIpc) is 3.31. The van der Waals surface area contributed by atoms with Crippen molar-refractivity contribution in [2.24, 2.45) is 0 Å². The molecule has 0 spiro atoms. The number of thiazole rings is 1. The maximum absolute atomic E-state index is 11.7. The number of hydrogen-bond acceptors (Lipinski definition) is 8. The summed E-state index contributed by atoms with van der Waals surface area (Å²) in [5, 5.41) is 15.5. The van der Waals surface area contributed by atoms with E-state index in [9.17, 15) is 4.79 Å². The largest absolute Gasteiger partial charge is 0.330 e. The van der Waals surface area contributed by atoms with Crippen molar-refractivity contribution in [2.75, 3.05) is 16.8 Å². The molecule has 0 aliphatic carbocycles. The fourth-order valence-electron chi connectivity index (χ4n) is 2.74. The molecule has 2 heterocycles. The van der Waals surface area contributed by atoms with Crippen LogP contribution in [-0.4, -0.2) is 27.6 Å². The van der Waals surface area contributed by atoms with Crippen molar-refractivity contribution in [3.63, 3.8) is 0 Å². The zero-order valence-electron chi connectivity index (χ0n) is 16.4. The van der Waals surface area contributed by atoms with E-state index in [1.807, 2.05) is 12.3 Å². The summed E-state index contributed by atoms with van der Waals surface area (Å²) in [6.07, 6.45) is 0.964. The Balaban J connectivity index is 1.63. The highest BCUT2D eigenvalue weighted by molar-refractivity contribution is 8.00. The molecule has 0 saturated heterocycles. The van der Waals surface area contributed by atoms with Crippen LogP contribution in [-0.2, 0) is 17.0 Å². The molecule has 1 aromatic carbocycles. The van der Waals surface area contributed by atoms with Crippen LogP contribution in [0.4, 0.5) is 16.0 Å². The van der Waals surface area contributed by atoms with Crippen molar-refractivity contribution >= 4 is 56.3 Å². The first-order valence-corrected chi connectivity index (χ1v) is 11.7. The highest BCUT2D eigenvalue weighted by Crippen LogP contribution is 2.33. The fourth-order valence-corrected chi connectivity index (χ4v) is 5.43. The standard InChI is InChI=1S/C19H23N5OS3/c1-5-14-9-7-8-12(3)16(14)21-17-22-23-19(28-17)27-11-15-10-26-18(20-15)24(6-2)13(4)25/h7-10H,5-6,11H2,1-4H3,(H,21,22). The molecule has 1 N–H and O–H groups in total. The van der Waals surface area contributed by atoms with Crippen molar-refractivity contribution < 1.29 is 4.79 Å². The lowest BCUT2D eigenvalue weighted by atomic mass is 10.1. The van der Waals surface area contributed by atoms with Gasteiger partial charge in [-0.25, -0.2) is 4.98 Å². The molecule has 0 fully saturated rings. The lowest BCUT2D eigenvalue weighted by molar-refractivity contribution is -0.116. The lowest BCUT2D eigenvalue weighted by Crippen LogP contribution is -2.27. The zero-order chi connectivity index (χ0) is 20.1. The van der Waals surface area contributed by atoms with Gasteiger partial charge in [0.15, 0.2) is 9.47 Å². The van der Waals surface area contributed by atoms with Gasteiger partial charge in [0.2, 0.25) is 11.0 Å². The minimum atomic E-state index is 0.0125. The summed E-state index contributed by atoms with van der Waals surface area (Å²) in [6, 6.07) is 6.31. The smallest absolute Gasteiger partial charge is 0.225 e. The summed E-state index contributed by atoms with van der Waals surface area (Å²) >= 11 is 4.64. The number of aromatic nitrogens is 3. The maximum atomic E-state index is 11.7. The summed E-state index contributed by atoms with van der Waals surface area (Å²) in [4.78, 5) is 17.9. The molecule has 0 aliphatic heterocycles. The second kappa shape index (κ2) is 9.49. The predicted molar refractivity (Wildman–Crippen MR) is 119 cm³/mol. The van der Waals surface area contributed by atoms with E-state index in [1.54, 1.807) is 23.6 Å². The van der Waals surface area contributed by atoms with Crippen LogP contribution in [0.3, 0.4) is 0 Å². The Kier molecular flexibility index (Phi) is 7.03. The molecule has 0 saturated carbocycles. The van der Waals surface area contributed by atoms with E-state index in [0.29, 0.717) is 12.3 Å². The van der Waals surface area contributed by atoms with Gasteiger partial charge in [0.25, 0.3) is 0 Å². The number of benzene rings is 1. The lowest BCUT2D eigenvalue weighted by Gasteiger charge is -2.14. The third-order valence-corrected chi connectivity index (χ3v) is 7.11. The molecule has 0 aliphatic rings. The molecule has 0 radical (unpaired) electrons. The van der Waals surface area contributed by atoms with Crippen LogP contribution < -0.4 is 10.2 Å². The molecular weight excluding hydrogens is 410 g/mol. The van der Waals surface area contributed by atoms with Crippen molar-refractivity contribution in [1.29, 1.82) is 0 Å². The monoisotopic (exact) mass is 433 g/mol. The number of aryl methyl sites for hydroxylation is 2. The highest BCUT2D eigenvalue weighted by atomic mass is 32.2. The van der Waals surface area contributed by atoms with Gasteiger partial charge in [-0.1, -0.05) is 48.2 Å². The topological polar surface area (TPSA) is 71.0 Å². The first kappa shape index (κ1) is 20.8. The van der Waals surface area contributed by atoms with Gasteiger partial charge < -0.3 is 5.32 Å². The number of amides is 1. The molecule has 0 unspecified atom stereocenters. The van der Waals surface area contributed by atoms with Gasteiger partial charge >= 0.3 is 0 Å². The molecule has 1 amide bonds. The number of nitrogens with one attached hydrogen (secondary N) is 1. The Labute approximate surface area is 177 Å². The number of nitrogens with zero attached hydrogens (tertiary/aromatic N) is 4. The molecule has 9 heteroatoms. The van der Waals surface area contributed by atoms with Gasteiger partial charge in [-0.3, -0.25) is 9.69 Å². The quantitative estimate of drug-likeness (QED) is 0.488. The van der Waals surface area contributed by atoms with E-state index in [2.05, 4.69) is 52.5 Å². The SMILES string of the molecule is CCc1cccc(C)c1Nc1nnc(SCc2csc(N(CC)C(C)=O)n2)s1. The summed E-state index contributed by atoms with van der Waals surface area (Å²) in [5.41, 5.74) is 4.53. The molecular formula is C19H23N5OS3. The Bertz CT molecular complexity index is 953. The van der Waals surface area contributed by atoms with Crippen LogP contribution in [0.2, 0.25) is 0 Å². The molecule has 2 aromatic heterocycles. The Morgan fingerprint density at radius 1 is 1.29 bits per heavy atom. The van der Waals surface area contributed by atoms with Crippen LogP contribution >= 0.6 is 34.4 Å². The van der Waals surface area contributed by atoms with Gasteiger partial charge in [-0.15, -0.1) is 21.5 Å². The van der Waals surface area contributed by atoms with Gasteiger partial charge in [-0.05, 0) is 31.4 Å². The minimum absolute atomic E-state index is 0.0125. The van der Waals surface area contributed by atoms with E-state index in [1.165, 1.54) is 33.8 Å². The number of anilines is 3. The van der Waals surface area contributed by atoms with Crippen molar-refractivity contribution in [3.05, 3.63) is 40.4 Å². The van der Waals surface area contributed by atoms with Crippen molar-refractivity contribution in [2.45, 2.75) is 44.2 Å². The highest BCUT2D eigenvalue weighted by Gasteiger charge is 2.14. The average molecular weight is 434 g/mol. The summed E-state index contributed by atoms with van der Waals surface area (Å²) in [6.45, 7) is 8.38. The number of carbonyl (C=O) groups excluding carboxylic acids is 1. The molecule has 148 valence electrons. The molecule has 28 heavy (non-hydrogen) atoms. The second-order valence-electron chi connectivity index (χ2n) is 6.13. The number of thioether (sulfide) groups is 1. The van der Waals surface area contributed by atoms with Crippen LogP contribution in [0.5, 0.6) is 0 Å². The number of rotatable bonds is 8. The molecule has 0 atom stereocenters. The Morgan fingerprint density at radius 2 is 2.11 bits per heavy atom. The van der Waals surface area contributed by atoms with E-state index in [4.69, 9.17) is 0 Å². The number of carbonyl (C=O) groups is 1. The third-order valence-electron chi connectivity index (χ3n) is 4.19. The van der Waals surface area contributed by atoms with Crippen LogP contribution in [0, 0.1) is 6.92 Å². The van der Waals surface area contributed by atoms with E-state index in [0.717, 1.165) is 32.4 Å².